The first-order valence-corrected chi connectivity index (χ1v) is 16.4. The molecule has 0 saturated carbocycles. The summed E-state index contributed by atoms with van der Waals surface area (Å²) in [4.78, 5) is 69.6. The summed E-state index contributed by atoms with van der Waals surface area (Å²) in [5.41, 5.74) is 1.21. The third kappa shape index (κ3) is 10.0. The second kappa shape index (κ2) is 15.9. The Morgan fingerprint density at radius 3 is 1.81 bits per heavy atom. The zero-order valence-electron chi connectivity index (χ0n) is 28.0. The van der Waals surface area contributed by atoms with E-state index in [4.69, 9.17) is 14.2 Å². The summed E-state index contributed by atoms with van der Waals surface area (Å²) in [6, 6.07) is 14.9. The van der Waals surface area contributed by atoms with Gasteiger partial charge >= 0.3 is 18.0 Å². The third-order valence-electron chi connectivity index (χ3n) is 8.02. The van der Waals surface area contributed by atoms with Gasteiger partial charge in [0.15, 0.2) is 12.1 Å². The largest absolute Gasteiger partial charge is 0.464 e. The van der Waals surface area contributed by atoms with Crippen LogP contribution in [0.3, 0.4) is 0 Å². The lowest BCUT2D eigenvalue weighted by Gasteiger charge is -2.30. The van der Waals surface area contributed by atoms with Gasteiger partial charge in [-0.3, -0.25) is 9.59 Å². The lowest BCUT2D eigenvalue weighted by molar-refractivity contribution is -0.147. The Labute approximate surface area is 276 Å². The van der Waals surface area contributed by atoms with Crippen molar-refractivity contribution in [2.24, 2.45) is 5.92 Å². The molecule has 0 spiro atoms. The first-order valence-electron chi connectivity index (χ1n) is 16.4. The number of esters is 2. The molecule has 2 aromatic rings. The van der Waals surface area contributed by atoms with Gasteiger partial charge in [-0.05, 0) is 57.1 Å². The van der Waals surface area contributed by atoms with E-state index in [0.29, 0.717) is 38.6 Å². The van der Waals surface area contributed by atoms with Gasteiger partial charge in [0, 0.05) is 19.4 Å². The van der Waals surface area contributed by atoms with Crippen molar-refractivity contribution in [2.45, 2.75) is 96.5 Å². The number of hydrogen-bond donors (Lipinski definition) is 1. The highest BCUT2D eigenvalue weighted by Gasteiger charge is 2.63. The van der Waals surface area contributed by atoms with Crippen molar-refractivity contribution in [3.8, 4) is 0 Å². The summed E-state index contributed by atoms with van der Waals surface area (Å²) >= 11 is 0. The summed E-state index contributed by atoms with van der Waals surface area (Å²) in [6.07, 6.45) is 1.48. The molecule has 0 aliphatic carbocycles. The predicted octanol–water partition coefficient (Wildman–Crippen LogP) is 4.07. The molecule has 2 unspecified atom stereocenters. The topological polar surface area (TPSA) is 131 Å². The Morgan fingerprint density at radius 2 is 1.34 bits per heavy atom. The average Bonchev–Trinajstić information content (AvgIpc) is 3.58. The molecule has 11 nitrogen and oxygen atoms in total. The van der Waals surface area contributed by atoms with E-state index in [1.54, 1.807) is 20.8 Å². The maximum Gasteiger partial charge on any atom is 0.408 e. The highest BCUT2D eigenvalue weighted by Crippen LogP contribution is 2.35. The van der Waals surface area contributed by atoms with Gasteiger partial charge < -0.3 is 29.3 Å². The maximum absolute atomic E-state index is 14.0. The number of ether oxygens (including phenoxy) is 3. The van der Waals surface area contributed by atoms with Gasteiger partial charge in [0.2, 0.25) is 11.8 Å². The Hall–Kier alpha value is -4.41. The average molecular weight is 650 g/mol. The van der Waals surface area contributed by atoms with Crippen molar-refractivity contribution in [3.05, 3.63) is 71.8 Å². The second-order valence-corrected chi connectivity index (χ2v) is 13.5. The van der Waals surface area contributed by atoms with Gasteiger partial charge in [-0.15, -0.1) is 0 Å². The minimum absolute atomic E-state index is 0.0629. The summed E-state index contributed by atoms with van der Waals surface area (Å²) in [6.45, 7) is 9.53. The van der Waals surface area contributed by atoms with Gasteiger partial charge in [0.25, 0.3) is 0 Å². The molecule has 0 bridgehead atoms. The van der Waals surface area contributed by atoms with Crippen LogP contribution in [-0.2, 0) is 46.2 Å². The Balaban J connectivity index is 1.46. The molecule has 254 valence electrons. The number of carbonyl (C=O) groups is 5. The zero-order valence-corrected chi connectivity index (χ0v) is 28.0. The fourth-order valence-corrected chi connectivity index (χ4v) is 5.79. The summed E-state index contributed by atoms with van der Waals surface area (Å²) in [5.74, 6) is -2.26. The van der Waals surface area contributed by atoms with Crippen molar-refractivity contribution in [3.63, 3.8) is 0 Å². The van der Waals surface area contributed by atoms with Crippen LogP contribution in [-0.4, -0.2) is 89.2 Å². The zero-order chi connectivity index (χ0) is 34.1. The fourth-order valence-electron chi connectivity index (χ4n) is 5.79. The van der Waals surface area contributed by atoms with Crippen molar-refractivity contribution in [1.82, 2.24) is 15.1 Å². The molecule has 2 aliphatic rings. The first kappa shape index (κ1) is 35.4. The highest BCUT2D eigenvalue weighted by molar-refractivity contribution is 6.03. The van der Waals surface area contributed by atoms with Crippen LogP contribution in [0.4, 0.5) is 4.79 Å². The Kier molecular flexibility index (Phi) is 12.0. The van der Waals surface area contributed by atoms with Gasteiger partial charge in [0.1, 0.15) is 17.7 Å². The number of nitrogens with zero attached hydrogens (tertiary/aromatic N) is 2. The molecule has 2 saturated heterocycles. The van der Waals surface area contributed by atoms with E-state index in [9.17, 15) is 24.0 Å². The molecule has 47 heavy (non-hydrogen) atoms. The molecule has 0 radical (unpaired) electrons. The molecule has 4 rings (SSSR count). The van der Waals surface area contributed by atoms with Crippen LogP contribution >= 0.6 is 0 Å². The van der Waals surface area contributed by atoms with Crippen LogP contribution in [0.1, 0.15) is 65.0 Å². The van der Waals surface area contributed by atoms with E-state index in [1.165, 1.54) is 9.80 Å². The molecule has 11 heteroatoms. The number of rotatable bonds is 13. The van der Waals surface area contributed by atoms with E-state index in [2.05, 4.69) is 5.32 Å². The number of carbonyl (C=O) groups excluding carboxylic acids is 5. The standard InChI is InChI=1S/C36H47N3O8/c1-24(2)23-27(37-35(44)47-36(3,4)5)31(40)38-20-12-17-28(38)32(41)39-29(33(42)45-21-18-25-13-8-6-9-14-25)30(39)34(43)46-22-19-26-15-10-7-11-16-26/h6-11,13-16,24,27-30H,12,17-23H2,1-5H3,(H,37,44)/t27-,28+,29?,30?,39?/m0/s1. The monoisotopic (exact) mass is 649 g/mol. The van der Waals surface area contributed by atoms with Crippen LogP contribution in [0.15, 0.2) is 60.7 Å². The van der Waals surface area contributed by atoms with E-state index >= 15 is 0 Å². The molecule has 2 aromatic carbocycles. The Morgan fingerprint density at radius 1 is 0.830 bits per heavy atom. The first-order chi connectivity index (χ1) is 22.4. The summed E-state index contributed by atoms with van der Waals surface area (Å²) < 4.78 is 16.4. The minimum Gasteiger partial charge on any atom is -0.464 e. The van der Waals surface area contributed by atoms with Crippen molar-refractivity contribution in [2.75, 3.05) is 19.8 Å². The van der Waals surface area contributed by atoms with Gasteiger partial charge in [-0.2, -0.15) is 0 Å². The van der Waals surface area contributed by atoms with Crippen LogP contribution < -0.4 is 5.32 Å². The number of hydrogen-bond acceptors (Lipinski definition) is 8. The SMILES string of the molecule is CC(C)C[C@H](NC(=O)OC(C)(C)C)C(=O)N1CCC[C@@H]1C(=O)N1C(C(=O)OCCc2ccccc2)C1C(=O)OCCc1ccccc1. The predicted molar refractivity (Wildman–Crippen MR) is 174 cm³/mol. The quantitative estimate of drug-likeness (QED) is 0.195. The molecule has 2 aliphatic heterocycles. The van der Waals surface area contributed by atoms with Crippen LogP contribution in [0, 0.1) is 5.92 Å². The molecule has 4 atom stereocenters. The van der Waals surface area contributed by atoms with Crippen molar-refractivity contribution >= 4 is 29.8 Å². The van der Waals surface area contributed by atoms with Crippen molar-refractivity contribution in [1.29, 1.82) is 0 Å². The third-order valence-corrected chi connectivity index (χ3v) is 8.02. The molecule has 2 fully saturated rings. The van der Waals surface area contributed by atoms with Gasteiger partial charge in [0.05, 0.1) is 13.2 Å². The number of likely N-dealkylation sites (tertiary alicyclic amines) is 1. The lowest BCUT2D eigenvalue weighted by Crippen LogP contribution is -2.53. The molecular formula is C36H47N3O8. The molecular weight excluding hydrogens is 602 g/mol. The number of benzene rings is 2. The molecule has 3 amide bonds. The smallest absolute Gasteiger partial charge is 0.408 e. The van der Waals surface area contributed by atoms with Crippen LogP contribution in [0.2, 0.25) is 0 Å². The molecule has 1 N–H and O–H groups in total. The normalized spacial score (nSPS) is 19.6. The highest BCUT2D eigenvalue weighted by atomic mass is 16.6. The van der Waals surface area contributed by atoms with E-state index in [1.807, 2.05) is 74.5 Å². The summed E-state index contributed by atoms with van der Waals surface area (Å²) in [5, 5.41) is 2.69. The Bertz CT molecular complexity index is 1330. The number of alkyl carbamates (subject to hydrolysis) is 1. The lowest BCUT2D eigenvalue weighted by atomic mass is 10.0. The maximum atomic E-state index is 14.0. The molecule has 2 heterocycles. The van der Waals surface area contributed by atoms with Crippen LogP contribution in [0.25, 0.3) is 0 Å². The second-order valence-electron chi connectivity index (χ2n) is 13.5. The fraction of sp³-hybridized carbons (Fsp3) is 0.528. The van der Waals surface area contributed by atoms with Gasteiger partial charge in [-0.1, -0.05) is 74.5 Å². The van der Waals surface area contributed by atoms with E-state index in [-0.39, 0.29) is 19.1 Å². The molecule has 0 aromatic heterocycles. The minimum atomic E-state index is -1.15. The van der Waals surface area contributed by atoms with Crippen molar-refractivity contribution < 1.29 is 38.2 Å². The van der Waals surface area contributed by atoms with Crippen LogP contribution in [0.5, 0.6) is 0 Å². The number of nitrogens with one attached hydrogen (secondary N) is 1. The van der Waals surface area contributed by atoms with E-state index < -0.39 is 59.6 Å². The summed E-state index contributed by atoms with van der Waals surface area (Å²) in [7, 11) is 0. The van der Waals surface area contributed by atoms with Gasteiger partial charge in [-0.25, -0.2) is 14.4 Å². The van der Waals surface area contributed by atoms with E-state index in [0.717, 1.165) is 11.1 Å². The number of amides is 3.